The lowest BCUT2D eigenvalue weighted by atomic mass is 9.93. The van der Waals surface area contributed by atoms with Gasteiger partial charge in [-0.1, -0.05) is 73.7 Å². The first-order chi connectivity index (χ1) is 22.2. The van der Waals surface area contributed by atoms with Crippen molar-refractivity contribution in [1.82, 2.24) is 4.90 Å². The number of hydrogen-bond donors (Lipinski definition) is 2. The number of hydrogen-bond acceptors (Lipinski definition) is 7. The van der Waals surface area contributed by atoms with E-state index in [2.05, 4.69) is 33.1 Å². The molecule has 1 aliphatic carbocycles. The first-order valence-corrected chi connectivity index (χ1v) is 17.6. The van der Waals surface area contributed by atoms with Crippen LogP contribution in [0.5, 0.6) is 0 Å². The van der Waals surface area contributed by atoms with E-state index in [1.165, 1.54) is 39.0 Å². The summed E-state index contributed by atoms with van der Waals surface area (Å²) in [5.41, 5.74) is 10.2. The molecule has 0 unspecified atom stereocenters. The molecule has 3 aromatic carbocycles. The maximum Gasteiger partial charge on any atom is 0.338 e. The van der Waals surface area contributed by atoms with Crippen LogP contribution in [0.1, 0.15) is 87.6 Å². The predicted molar refractivity (Wildman–Crippen MR) is 193 cm³/mol. The zero-order valence-electron chi connectivity index (χ0n) is 26.8. The van der Waals surface area contributed by atoms with Gasteiger partial charge in [-0.05, 0) is 103 Å². The molecule has 0 atom stereocenters. The number of nitrogens with two attached hydrogens (primary N) is 1. The van der Waals surface area contributed by atoms with E-state index in [9.17, 15) is 9.59 Å². The Morgan fingerprint density at radius 2 is 1.54 bits per heavy atom. The second-order valence-corrected chi connectivity index (χ2v) is 13.0. The minimum Gasteiger partial charge on any atom is -0.466 e. The molecule has 0 aromatic heterocycles. The van der Waals surface area contributed by atoms with Crippen molar-refractivity contribution < 1.29 is 19.1 Å². The third kappa shape index (κ3) is 12.8. The summed E-state index contributed by atoms with van der Waals surface area (Å²) in [5.74, 6) is -0.564. The molecule has 3 aromatic rings. The summed E-state index contributed by atoms with van der Waals surface area (Å²) in [6.07, 6.45) is 9.86. The van der Waals surface area contributed by atoms with Crippen LogP contribution in [0.3, 0.4) is 0 Å². The fraction of sp³-hybridized carbons (Fsp3) is 0.444. The van der Waals surface area contributed by atoms with Crippen LogP contribution in [-0.2, 0) is 20.8 Å². The zero-order valence-corrected chi connectivity index (χ0v) is 29.9. The highest BCUT2D eigenvalue weighted by molar-refractivity contribution is 9.10. The predicted octanol–water partition coefficient (Wildman–Crippen LogP) is 10.2. The van der Waals surface area contributed by atoms with Crippen molar-refractivity contribution >= 4 is 68.1 Å². The van der Waals surface area contributed by atoms with Crippen molar-refractivity contribution in [2.24, 2.45) is 0 Å². The van der Waals surface area contributed by atoms with Crippen LogP contribution in [-0.4, -0.2) is 42.6 Å². The number of anilines is 3. The van der Waals surface area contributed by atoms with Gasteiger partial charge in [0.05, 0.1) is 40.2 Å². The van der Waals surface area contributed by atoms with Crippen LogP contribution in [0.15, 0.2) is 65.1 Å². The average molecular weight is 736 g/mol. The minimum absolute atomic E-state index is 0.247. The number of carbonyl (C=O) groups is 2. The Labute approximate surface area is 292 Å². The normalized spacial score (nSPS) is 13.1. The molecule has 0 heterocycles. The maximum absolute atomic E-state index is 12.6. The van der Waals surface area contributed by atoms with Gasteiger partial charge < -0.3 is 20.5 Å². The second kappa shape index (κ2) is 20.5. The molecule has 0 bridgehead atoms. The second-order valence-electron chi connectivity index (χ2n) is 11.4. The molecule has 0 saturated heterocycles. The highest BCUT2D eigenvalue weighted by Gasteiger charge is 2.22. The Kier molecular flexibility index (Phi) is 16.8. The molecule has 0 aliphatic heterocycles. The van der Waals surface area contributed by atoms with Crippen molar-refractivity contribution in [2.75, 3.05) is 30.8 Å². The van der Waals surface area contributed by atoms with Gasteiger partial charge in [0, 0.05) is 29.7 Å². The summed E-state index contributed by atoms with van der Waals surface area (Å²) < 4.78 is 11.1. The topological polar surface area (TPSA) is 93.9 Å². The number of halogens is 3. The molecule has 4 rings (SSSR count). The number of benzene rings is 3. The fourth-order valence-corrected chi connectivity index (χ4v) is 6.39. The van der Waals surface area contributed by atoms with Gasteiger partial charge in [0.15, 0.2) is 0 Å². The fourth-order valence-electron chi connectivity index (χ4n) is 5.39. The lowest BCUT2D eigenvalue weighted by molar-refractivity contribution is -0.141. The molecular formula is C36H46BrCl2N3O4. The molecule has 250 valence electrons. The van der Waals surface area contributed by atoms with Gasteiger partial charge >= 0.3 is 11.9 Å². The third-order valence-corrected chi connectivity index (χ3v) is 9.19. The Morgan fingerprint density at radius 1 is 0.913 bits per heavy atom. The van der Waals surface area contributed by atoms with Gasteiger partial charge in [0.2, 0.25) is 0 Å². The Hall–Kier alpha value is -2.78. The number of nitrogen functional groups attached to an aromatic ring is 1. The summed E-state index contributed by atoms with van der Waals surface area (Å²) in [5, 5.41) is 4.41. The van der Waals surface area contributed by atoms with Crippen molar-refractivity contribution in [3.05, 3.63) is 86.3 Å². The van der Waals surface area contributed by atoms with Crippen molar-refractivity contribution in [1.29, 1.82) is 0 Å². The van der Waals surface area contributed by atoms with Crippen LogP contribution in [0, 0.1) is 0 Å². The van der Waals surface area contributed by atoms with E-state index in [0.717, 1.165) is 60.2 Å². The molecule has 0 radical (unpaired) electrons. The van der Waals surface area contributed by atoms with E-state index >= 15 is 0 Å². The highest BCUT2D eigenvalue weighted by Crippen LogP contribution is 2.32. The molecule has 0 spiro atoms. The molecular weight excluding hydrogens is 689 g/mol. The van der Waals surface area contributed by atoms with Crippen molar-refractivity contribution in [3.63, 3.8) is 0 Å². The average Bonchev–Trinajstić information content (AvgIpc) is 3.05. The molecule has 7 nitrogen and oxygen atoms in total. The Bertz CT molecular complexity index is 1370. The highest BCUT2D eigenvalue weighted by atomic mass is 79.9. The number of unbranched alkanes of at least 4 members (excludes halogenated alkanes) is 3. The molecule has 46 heavy (non-hydrogen) atoms. The lowest BCUT2D eigenvalue weighted by Gasteiger charge is -2.34. The van der Waals surface area contributed by atoms with E-state index in [0.29, 0.717) is 40.6 Å². The van der Waals surface area contributed by atoms with Crippen molar-refractivity contribution in [3.8, 4) is 0 Å². The first-order valence-electron chi connectivity index (χ1n) is 16.1. The summed E-state index contributed by atoms with van der Waals surface area (Å²) in [6, 6.07) is 19.4. The van der Waals surface area contributed by atoms with Crippen LogP contribution in [0.25, 0.3) is 0 Å². The van der Waals surface area contributed by atoms with Crippen LogP contribution < -0.4 is 11.1 Å². The molecule has 1 saturated carbocycles. The van der Waals surface area contributed by atoms with Crippen LogP contribution in [0.2, 0.25) is 10.0 Å². The molecule has 3 N–H and O–H groups in total. The smallest absolute Gasteiger partial charge is 0.338 e. The van der Waals surface area contributed by atoms with E-state index in [1.807, 2.05) is 42.5 Å². The number of carbonyl (C=O) groups excluding carboxylic acids is 2. The largest absolute Gasteiger partial charge is 0.466 e. The van der Waals surface area contributed by atoms with Gasteiger partial charge in [-0.2, -0.15) is 0 Å². The standard InChI is InChI=1S/C24H37BrN2O4.C12H9Cl2N/c1-3-27(21-11-7-6-8-12-21)17-20-15-19(16-22(25)23(20)26)24(29)31-14-10-5-4-9-13-30-18(2)28;13-10-7-4-8-11(14)12(10)15-9-5-2-1-3-6-9/h15-16,21H,3-14,17,26H2,1-2H3;1-8,15H. The van der Waals surface area contributed by atoms with Gasteiger partial charge in [0.1, 0.15) is 0 Å². The summed E-state index contributed by atoms with van der Waals surface area (Å²) in [7, 11) is 0. The molecule has 10 heteroatoms. The maximum atomic E-state index is 12.6. The molecule has 0 amide bonds. The number of nitrogens with zero attached hydrogens (tertiary/aromatic N) is 1. The quantitative estimate of drug-likeness (QED) is 0.0967. The lowest BCUT2D eigenvalue weighted by Crippen LogP contribution is -2.36. The van der Waals surface area contributed by atoms with Crippen molar-refractivity contribution in [2.45, 2.75) is 84.2 Å². The number of rotatable bonds is 14. The molecule has 1 aliphatic rings. The third-order valence-electron chi connectivity index (χ3n) is 7.90. The van der Waals surface area contributed by atoms with Gasteiger partial charge in [-0.25, -0.2) is 4.79 Å². The summed E-state index contributed by atoms with van der Waals surface area (Å²) in [4.78, 5) is 25.8. The molecule has 1 fully saturated rings. The van der Waals surface area contributed by atoms with E-state index in [4.69, 9.17) is 38.4 Å². The zero-order chi connectivity index (χ0) is 33.3. The number of nitrogens with one attached hydrogen (secondary N) is 1. The number of esters is 2. The summed E-state index contributed by atoms with van der Waals surface area (Å²) in [6.45, 7) is 6.14. The van der Waals surface area contributed by atoms with E-state index in [-0.39, 0.29) is 11.9 Å². The van der Waals surface area contributed by atoms with Crippen LogP contribution >= 0.6 is 39.1 Å². The Morgan fingerprint density at radius 3 is 2.15 bits per heavy atom. The van der Waals surface area contributed by atoms with E-state index < -0.39 is 0 Å². The van der Waals surface area contributed by atoms with Gasteiger partial charge in [0.25, 0.3) is 0 Å². The van der Waals surface area contributed by atoms with Gasteiger partial charge in [-0.3, -0.25) is 9.69 Å². The first kappa shape index (κ1) is 37.7. The monoisotopic (exact) mass is 733 g/mol. The van der Waals surface area contributed by atoms with Gasteiger partial charge in [-0.15, -0.1) is 0 Å². The number of ether oxygens (including phenoxy) is 2. The number of para-hydroxylation sites is 2. The van der Waals surface area contributed by atoms with E-state index in [1.54, 1.807) is 18.2 Å². The minimum atomic E-state index is -0.317. The Balaban J connectivity index is 0.000000318. The SMILES string of the molecule is CCN(Cc1cc(C(=O)OCCCCCCOC(C)=O)cc(Br)c1N)C1CCCCC1.Clc1cccc(Cl)c1Nc1ccccc1. The summed E-state index contributed by atoms with van der Waals surface area (Å²) >= 11 is 15.6. The van der Waals surface area contributed by atoms with Crippen LogP contribution in [0.4, 0.5) is 17.1 Å².